The van der Waals surface area contributed by atoms with Crippen LogP contribution in [0.2, 0.25) is 0 Å². The average molecular weight is 236 g/mol. The van der Waals surface area contributed by atoms with Crippen LogP contribution in [0.15, 0.2) is 24.3 Å². The number of halogens is 1. The van der Waals surface area contributed by atoms with Gasteiger partial charge in [-0.3, -0.25) is 4.79 Å². The van der Waals surface area contributed by atoms with E-state index in [4.69, 9.17) is 5.11 Å². The first-order chi connectivity index (χ1) is 8.14. The molecule has 0 atom stereocenters. The SMILES string of the molecule is O=C(O)CC1(c2ccccc2F)CCCCC1. The molecule has 0 unspecified atom stereocenters. The lowest BCUT2D eigenvalue weighted by Gasteiger charge is -2.36. The molecule has 0 spiro atoms. The molecular weight excluding hydrogens is 219 g/mol. The summed E-state index contributed by atoms with van der Waals surface area (Å²) in [6.45, 7) is 0. The lowest BCUT2D eigenvalue weighted by Crippen LogP contribution is -2.32. The molecule has 3 heteroatoms. The highest BCUT2D eigenvalue weighted by Gasteiger charge is 2.37. The Labute approximate surface area is 100 Å². The van der Waals surface area contributed by atoms with Crippen molar-refractivity contribution in [2.75, 3.05) is 0 Å². The second-order valence-electron chi connectivity index (χ2n) is 4.89. The van der Waals surface area contributed by atoms with E-state index in [9.17, 15) is 9.18 Å². The number of carboxylic acid groups (broad SMARTS) is 1. The number of hydrogen-bond acceptors (Lipinski definition) is 1. The molecule has 0 radical (unpaired) electrons. The Hall–Kier alpha value is -1.38. The van der Waals surface area contributed by atoms with Crippen LogP contribution >= 0.6 is 0 Å². The van der Waals surface area contributed by atoms with E-state index in [1.165, 1.54) is 6.07 Å². The molecule has 1 N–H and O–H groups in total. The molecule has 92 valence electrons. The van der Waals surface area contributed by atoms with Crippen molar-refractivity contribution in [3.8, 4) is 0 Å². The number of hydrogen-bond donors (Lipinski definition) is 1. The highest BCUT2D eigenvalue weighted by Crippen LogP contribution is 2.43. The molecule has 0 heterocycles. The van der Waals surface area contributed by atoms with Crippen molar-refractivity contribution < 1.29 is 14.3 Å². The molecule has 0 aromatic heterocycles. The Morgan fingerprint density at radius 1 is 1.24 bits per heavy atom. The second kappa shape index (κ2) is 4.86. The van der Waals surface area contributed by atoms with Crippen LogP contribution in [0.1, 0.15) is 44.1 Å². The molecular formula is C14H17FO2. The molecule has 1 aromatic carbocycles. The van der Waals surface area contributed by atoms with E-state index >= 15 is 0 Å². The third-order valence-corrected chi connectivity index (χ3v) is 3.75. The molecule has 1 aromatic rings. The minimum Gasteiger partial charge on any atom is -0.481 e. The molecule has 2 nitrogen and oxygen atoms in total. The molecule has 1 aliphatic carbocycles. The number of rotatable bonds is 3. The Balaban J connectivity index is 2.39. The molecule has 17 heavy (non-hydrogen) atoms. The average Bonchev–Trinajstić information content (AvgIpc) is 2.29. The summed E-state index contributed by atoms with van der Waals surface area (Å²) >= 11 is 0. The summed E-state index contributed by atoms with van der Waals surface area (Å²) in [6.07, 6.45) is 4.69. The van der Waals surface area contributed by atoms with Gasteiger partial charge in [0.25, 0.3) is 0 Å². The van der Waals surface area contributed by atoms with Gasteiger partial charge in [-0.05, 0) is 24.5 Å². The van der Waals surface area contributed by atoms with Crippen LogP contribution < -0.4 is 0 Å². The van der Waals surface area contributed by atoms with Gasteiger partial charge in [-0.1, -0.05) is 37.5 Å². The van der Waals surface area contributed by atoms with Crippen LogP contribution in [-0.4, -0.2) is 11.1 Å². The number of aliphatic carboxylic acids is 1. The fraction of sp³-hybridized carbons (Fsp3) is 0.500. The van der Waals surface area contributed by atoms with E-state index in [2.05, 4.69) is 0 Å². The van der Waals surface area contributed by atoms with Crippen molar-refractivity contribution in [1.29, 1.82) is 0 Å². The fourth-order valence-corrected chi connectivity index (χ4v) is 2.95. The Morgan fingerprint density at radius 2 is 1.88 bits per heavy atom. The maximum absolute atomic E-state index is 13.9. The molecule has 2 rings (SSSR count). The van der Waals surface area contributed by atoms with Crippen LogP contribution in [-0.2, 0) is 10.2 Å². The zero-order valence-corrected chi connectivity index (χ0v) is 9.79. The predicted molar refractivity (Wildman–Crippen MR) is 63.4 cm³/mol. The summed E-state index contributed by atoms with van der Waals surface area (Å²) in [5.41, 5.74) is 0.0946. The van der Waals surface area contributed by atoms with Gasteiger partial charge < -0.3 is 5.11 Å². The lowest BCUT2D eigenvalue weighted by molar-refractivity contribution is -0.138. The van der Waals surface area contributed by atoms with Gasteiger partial charge >= 0.3 is 5.97 Å². The minimum absolute atomic E-state index is 0.0356. The smallest absolute Gasteiger partial charge is 0.304 e. The molecule has 0 bridgehead atoms. The van der Waals surface area contributed by atoms with E-state index in [0.29, 0.717) is 5.56 Å². The Kier molecular flexibility index (Phi) is 3.46. The van der Waals surface area contributed by atoms with E-state index in [-0.39, 0.29) is 12.2 Å². The summed E-state index contributed by atoms with van der Waals surface area (Å²) in [5, 5.41) is 9.06. The first-order valence-electron chi connectivity index (χ1n) is 6.11. The number of benzene rings is 1. The molecule has 1 saturated carbocycles. The van der Waals surface area contributed by atoms with Gasteiger partial charge in [0.1, 0.15) is 5.82 Å². The van der Waals surface area contributed by atoms with Crippen molar-refractivity contribution in [1.82, 2.24) is 0 Å². The topological polar surface area (TPSA) is 37.3 Å². The Bertz CT molecular complexity index is 408. The number of carbonyl (C=O) groups is 1. The summed E-state index contributed by atoms with van der Waals surface area (Å²) in [7, 11) is 0. The highest BCUT2D eigenvalue weighted by molar-refractivity contribution is 5.69. The first kappa shape index (κ1) is 12.1. The summed E-state index contributed by atoms with van der Waals surface area (Å²) < 4.78 is 13.9. The van der Waals surface area contributed by atoms with Crippen LogP contribution in [0.5, 0.6) is 0 Å². The van der Waals surface area contributed by atoms with Gasteiger partial charge in [0, 0.05) is 5.41 Å². The maximum atomic E-state index is 13.9. The van der Waals surface area contributed by atoms with Gasteiger partial charge in [-0.25, -0.2) is 4.39 Å². The molecule has 0 amide bonds. The third kappa shape index (κ3) is 2.48. The lowest BCUT2D eigenvalue weighted by atomic mass is 9.67. The van der Waals surface area contributed by atoms with Gasteiger partial charge in [0.05, 0.1) is 6.42 Å². The van der Waals surface area contributed by atoms with Gasteiger partial charge in [0.15, 0.2) is 0 Å². The molecule has 1 fully saturated rings. The minimum atomic E-state index is -0.838. The normalized spacial score (nSPS) is 18.9. The standard InChI is InChI=1S/C14H17FO2/c15-12-7-3-2-6-11(12)14(10-13(16)17)8-4-1-5-9-14/h2-3,6-7H,1,4-5,8-10H2,(H,16,17). The summed E-state index contributed by atoms with van der Waals surface area (Å²) in [5.74, 6) is -1.11. The van der Waals surface area contributed by atoms with Crippen LogP contribution in [0.25, 0.3) is 0 Å². The Morgan fingerprint density at radius 3 is 2.47 bits per heavy atom. The van der Waals surface area contributed by atoms with Crippen molar-refractivity contribution in [3.05, 3.63) is 35.6 Å². The molecule has 1 aliphatic rings. The monoisotopic (exact) mass is 236 g/mol. The maximum Gasteiger partial charge on any atom is 0.304 e. The van der Waals surface area contributed by atoms with Crippen molar-refractivity contribution in [3.63, 3.8) is 0 Å². The van der Waals surface area contributed by atoms with Crippen LogP contribution in [0.4, 0.5) is 4.39 Å². The van der Waals surface area contributed by atoms with Crippen molar-refractivity contribution in [2.45, 2.75) is 43.9 Å². The van der Waals surface area contributed by atoms with Gasteiger partial charge in [0.2, 0.25) is 0 Å². The van der Waals surface area contributed by atoms with Crippen LogP contribution in [0.3, 0.4) is 0 Å². The first-order valence-corrected chi connectivity index (χ1v) is 6.11. The quantitative estimate of drug-likeness (QED) is 0.872. The van der Waals surface area contributed by atoms with Gasteiger partial charge in [-0.15, -0.1) is 0 Å². The van der Waals surface area contributed by atoms with Crippen molar-refractivity contribution >= 4 is 5.97 Å². The number of carboxylic acids is 1. The second-order valence-corrected chi connectivity index (χ2v) is 4.89. The largest absolute Gasteiger partial charge is 0.481 e. The zero-order chi connectivity index (χ0) is 12.3. The van der Waals surface area contributed by atoms with Gasteiger partial charge in [-0.2, -0.15) is 0 Å². The summed E-state index contributed by atoms with van der Waals surface area (Å²) in [6, 6.07) is 6.60. The molecule has 0 saturated heterocycles. The fourth-order valence-electron chi connectivity index (χ4n) is 2.95. The third-order valence-electron chi connectivity index (χ3n) is 3.75. The zero-order valence-electron chi connectivity index (χ0n) is 9.79. The molecule has 0 aliphatic heterocycles. The van der Waals surface area contributed by atoms with E-state index in [1.807, 2.05) is 0 Å². The highest BCUT2D eigenvalue weighted by atomic mass is 19.1. The van der Waals surface area contributed by atoms with Crippen LogP contribution in [0, 0.1) is 5.82 Å². The van der Waals surface area contributed by atoms with E-state index < -0.39 is 11.4 Å². The van der Waals surface area contributed by atoms with E-state index in [1.54, 1.807) is 18.2 Å². The summed E-state index contributed by atoms with van der Waals surface area (Å²) in [4.78, 5) is 11.0. The van der Waals surface area contributed by atoms with E-state index in [0.717, 1.165) is 32.1 Å². The van der Waals surface area contributed by atoms with Crippen molar-refractivity contribution in [2.24, 2.45) is 0 Å². The predicted octanol–water partition coefficient (Wildman–Crippen LogP) is 3.50.